The summed E-state index contributed by atoms with van der Waals surface area (Å²) in [4.78, 5) is 6.21. The highest BCUT2D eigenvalue weighted by molar-refractivity contribution is 5.15. The molecule has 1 rings (SSSR count). The van der Waals surface area contributed by atoms with Gasteiger partial charge in [0.05, 0.1) is 12.3 Å². The van der Waals surface area contributed by atoms with Crippen LogP contribution in [0.5, 0.6) is 5.75 Å². The van der Waals surface area contributed by atoms with E-state index in [1.807, 2.05) is 12.1 Å². The fourth-order valence-corrected chi connectivity index (χ4v) is 1.36. The SMILES string of the molecule is CCC(CCN(C)C)Oc1cccnc1. The highest BCUT2D eigenvalue weighted by Crippen LogP contribution is 2.13. The van der Waals surface area contributed by atoms with Crippen molar-refractivity contribution in [3.63, 3.8) is 0 Å². The predicted octanol–water partition coefficient (Wildman–Crippen LogP) is 2.19. The van der Waals surface area contributed by atoms with Crippen LogP contribution in [0.4, 0.5) is 0 Å². The third-order valence-corrected chi connectivity index (χ3v) is 2.29. The topological polar surface area (TPSA) is 25.4 Å². The molecule has 1 aromatic heterocycles. The number of hydrogen-bond acceptors (Lipinski definition) is 3. The average molecular weight is 208 g/mol. The van der Waals surface area contributed by atoms with E-state index in [4.69, 9.17) is 4.74 Å². The van der Waals surface area contributed by atoms with Gasteiger partial charge in [0.1, 0.15) is 5.75 Å². The predicted molar refractivity (Wildman–Crippen MR) is 62.1 cm³/mol. The van der Waals surface area contributed by atoms with Crippen LogP contribution < -0.4 is 4.74 Å². The van der Waals surface area contributed by atoms with Crippen LogP contribution in [0.2, 0.25) is 0 Å². The first-order valence-electron chi connectivity index (χ1n) is 5.43. The fourth-order valence-electron chi connectivity index (χ4n) is 1.36. The first kappa shape index (κ1) is 12.0. The molecular weight excluding hydrogens is 188 g/mol. The highest BCUT2D eigenvalue weighted by Gasteiger charge is 2.08. The molecule has 1 unspecified atom stereocenters. The van der Waals surface area contributed by atoms with Crippen LogP contribution in [0.15, 0.2) is 24.5 Å². The van der Waals surface area contributed by atoms with Crippen LogP contribution in [-0.2, 0) is 0 Å². The summed E-state index contributed by atoms with van der Waals surface area (Å²) in [7, 11) is 4.16. The Morgan fingerprint density at radius 3 is 2.80 bits per heavy atom. The smallest absolute Gasteiger partial charge is 0.137 e. The summed E-state index contributed by atoms with van der Waals surface area (Å²) in [6.07, 6.45) is 5.89. The summed E-state index contributed by atoms with van der Waals surface area (Å²) in [6.45, 7) is 3.20. The number of ether oxygens (including phenoxy) is 1. The van der Waals surface area contributed by atoms with Gasteiger partial charge < -0.3 is 9.64 Å². The quantitative estimate of drug-likeness (QED) is 0.716. The van der Waals surface area contributed by atoms with Crippen LogP contribution in [0.1, 0.15) is 19.8 Å². The summed E-state index contributed by atoms with van der Waals surface area (Å²) in [5.41, 5.74) is 0. The molecule has 1 heterocycles. The van der Waals surface area contributed by atoms with E-state index >= 15 is 0 Å². The van der Waals surface area contributed by atoms with Gasteiger partial charge in [-0.1, -0.05) is 6.92 Å². The number of pyridine rings is 1. The Morgan fingerprint density at radius 1 is 1.47 bits per heavy atom. The number of aromatic nitrogens is 1. The zero-order valence-corrected chi connectivity index (χ0v) is 9.81. The average Bonchev–Trinajstić information content (AvgIpc) is 2.25. The molecule has 1 atom stereocenters. The monoisotopic (exact) mass is 208 g/mol. The van der Waals surface area contributed by atoms with E-state index in [9.17, 15) is 0 Å². The minimum atomic E-state index is 0.289. The van der Waals surface area contributed by atoms with Gasteiger partial charge in [-0.15, -0.1) is 0 Å². The zero-order chi connectivity index (χ0) is 11.1. The van der Waals surface area contributed by atoms with Crippen molar-refractivity contribution >= 4 is 0 Å². The maximum Gasteiger partial charge on any atom is 0.137 e. The standard InChI is InChI=1S/C12H20N2O/c1-4-11(7-9-14(2)3)15-12-6-5-8-13-10-12/h5-6,8,10-11H,4,7,9H2,1-3H3. The molecule has 0 bridgehead atoms. The molecule has 15 heavy (non-hydrogen) atoms. The van der Waals surface area contributed by atoms with Crippen molar-refractivity contribution in [1.82, 2.24) is 9.88 Å². The molecule has 0 amide bonds. The summed E-state index contributed by atoms with van der Waals surface area (Å²) in [5.74, 6) is 0.864. The van der Waals surface area contributed by atoms with Crippen LogP contribution in [0, 0.1) is 0 Å². The molecule has 3 heteroatoms. The van der Waals surface area contributed by atoms with Crippen LogP contribution in [0.25, 0.3) is 0 Å². The minimum absolute atomic E-state index is 0.289. The molecule has 0 saturated heterocycles. The molecule has 3 nitrogen and oxygen atoms in total. The van der Waals surface area contributed by atoms with E-state index in [-0.39, 0.29) is 6.10 Å². The third kappa shape index (κ3) is 4.79. The van der Waals surface area contributed by atoms with Gasteiger partial charge in [-0.05, 0) is 39.1 Å². The second kappa shape index (κ2) is 6.40. The maximum absolute atomic E-state index is 5.82. The van der Waals surface area contributed by atoms with Gasteiger partial charge in [0.15, 0.2) is 0 Å². The zero-order valence-electron chi connectivity index (χ0n) is 9.81. The van der Waals surface area contributed by atoms with Gasteiger partial charge in [0.25, 0.3) is 0 Å². The number of nitrogens with zero attached hydrogens (tertiary/aromatic N) is 2. The van der Waals surface area contributed by atoms with E-state index in [2.05, 4.69) is 30.9 Å². The molecule has 0 radical (unpaired) electrons. The second-order valence-corrected chi connectivity index (χ2v) is 3.93. The Balaban J connectivity index is 2.40. The van der Waals surface area contributed by atoms with Crippen molar-refractivity contribution < 1.29 is 4.74 Å². The van der Waals surface area contributed by atoms with Crippen molar-refractivity contribution in [2.45, 2.75) is 25.9 Å². The Hall–Kier alpha value is -1.09. The Morgan fingerprint density at radius 2 is 2.27 bits per heavy atom. The fraction of sp³-hybridized carbons (Fsp3) is 0.583. The molecule has 0 aliphatic rings. The minimum Gasteiger partial charge on any atom is -0.489 e. The van der Waals surface area contributed by atoms with E-state index in [1.165, 1.54) is 0 Å². The molecule has 84 valence electrons. The molecule has 0 N–H and O–H groups in total. The summed E-state index contributed by atoms with van der Waals surface area (Å²) >= 11 is 0. The van der Waals surface area contributed by atoms with E-state index in [1.54, 1.807) is 12.4 Å². The lowest BCUT2D eigenvalue weighted by molar-refractivity contribution is 0.172. The summed E-state index contributed by atoms with van der Waals surface area (Å²) < 4.78 is 5.82. The lowest BCUT2D eigenvalue weighted by Crippen LogP contribution is -2.23. The van der Waals surface area contributed by atoms with E-state index < -0.39 is 0 Å². The van der Waals surface area contributed by atoms with Gasteiger partial charge >= 0.3 is 0 Å². The van der Waals surface area contributed by atoms with Gasteiger partial charge in [-0.25, -0.2) is 0 Å². The van der Waals surface area contributed by atoms with Crippen molar-refractivity contribution in [3.05, 3.63) is 24.5 Å². The lowest BCUT2D eigenvalue weighted by Gasteiger charge is -2.19. The number of rotatable bonds is 6. The van der Waals surface area contributed by atoms with E-state index in [0.29, 0.717) is 0 Å². The van der Waals surface area contributed by atoms with Gasteiger partial charge in [0.2, 0.25) is 0 Å². The first-order valence-corrected chi connectivity index (χ1v) is 5.43. The maximum atomic E-state index is 5.82. The normalized spacial score (nSPS) is 12.8. The Kier molecular flexibility index (Phi) is 5.12. The van der Waals surface area contributed by atoms with Crippen molar-refractivity contribution in [2.24, 2.45) is 0 Å². The highest BCUT2D eigenvalue weighted by atomic mass is 16.5. The Labute approximate surface area is 92.1 Å². The van der Waals surface area contributed by atoms with Gasteiger partial charge in [-0.3, -0.25) is 4.98 Å². The molecular formula is C12H20N2O. The van der Waals surface area contributed by atoms with Gasteiger partial charge in [0, 0.05) is 12.7 Å². The molecule has 0 spiro atoms. The molecule has 0 fully saturated rings. The lowest BCUT2D eigenvalue weighted by atomic mass is 10.2. The van der Waals surface area contributed by atoms with Crippen LogP contribution in [-0.4, -0.2) is 36.6 Å². The Bertz CT molecular complexity index is 262. The van der Waals surface area contributed by atoms with Crippen LogP contribution >= 0.6 is 0 Å². The van der Waals surface area contributed by atoms with Crippen molar-refractivity contribution in [2.75, 3.05) is 20.6 Å². The third-order valence-electron chi connectivity index (χ3n) is 2.29. The van der Waals surface area contributed by atoms with Gasteiger partial charge in [-0.2, -0.15) is 0 Å². The van der Waals surface area contributed by atoms with Crippen LogP contribution in [0.3, 0.4) is 0 Å². The molecule has 1 aromatic rings. The summed E-state index contributed by atoms with van der Waals surface area (Å²) in [6, 6.07) is 3.85. The summed E-state index contributed by atoms with van der Waals surface area (Å²) in [5, 5.41) is 0. The molecule has 0 aromatic carbocycles. The molecule has 0 aliphatic carbocycles. The molecule has 0 saturated carbocycles. The van der Waals surface area contributed by atoms with E-state index in [0.717, 1.165) is 25.1 Å². The second-order valence-electron chi connectivity index (χ2n) is 3.93. The van der Waals surface area contributed by atoms with Crippen molar-refractivity contribution in [3.8, 4) is 5.75 Å². The molecule has 0 aliphatic heterocycles. The largest absolute Gasteiger partial charge is 0.489 e. The first-order chi connectivity index (χ1) is 7.22. The number of hydrogen-bond donors (Lipinski definition) is 0. The van der Waals surface area contributed by atoms with Crippen molar-refractivity contribution in [1.29, 1.82) is 0 Å².